The zero-order valence-electron chi connectivity index (χ0n) is 17.3. The van der Waals surface area contributed by atoms with Crippen LogP contribution in [0.15, 0.2) is 71.3 Å². The summed E-state index contributed by atoms with van der Waals surface area (Å²) in [5.74, 6) is 0.591. The van der Waals surface area contributed by atoms with E-state index in [0.29, 0.717) is 13.0 Å². The molecular formula is C24H24N4O3. The lowest BCUT2D eigenvalue weighted by Crippen LogP contribution is -2.27. The van der Waals surface area contributed by atoms with Crippen LogP contribution in [0.25, 0.3) is 11.0 Å². The minimum atomic E-state index is -0.277. The molecule has 0 unspecified atom stereocenters. The number of aromatic nitrogens is 2. The Bertz CT molecular complexity index is 1180. The van der Waals surface area contributed by atoms with E-state index in [9.17, 15) is 9.59 Å². The third-order valence-electron chi connectivity index (χ3n) is 5.06. The maximum absolute atomic E-state index is 12.7. The second-order valence-electron chi connectivity index (χ2n) is 7.18. The average Bonchev–Trinajstić information content (AvgIpc) is 3.43. The molecule has 0 bridgehead atoms. The second-order valence-corrected chi connectivity index (χ2v) is 7.18. The summed E-state index contributed by atoms with van der Waals surface area (Å²) in [6.07, 6.45) is 2.90. The smallest absolute Gasteiger partial charge is 0.286 e. The summed E-state index contributed by atoms with van der Waals surface area (Å²) in [5, 5.41) is 5.77. The van der Waals surface area contributed by atoms with Crippen molar-refractivity contribution in [1.82, 2.24) is 14.9 Å². The highest BCUT2D eigenvalue weighted by atomic mass is 16.3. The maximum atomic E-state index is 12.7. The molecule has 0 aliphatic heterocycles. The van der Waals surface area contributed by atoms with Crippen molar-refractivity contribution in [2.24, 2.45) is 0 Å². The van der Waals surface area contributed by atoms with Gasteiger partial charge in [-0.15, -0.1) is 0 Å². The number of carbonyl (C=O) groups is 2. The first kappa shape index (κ1) is 20.4. The summed E-state index contributed by atoms with van der Waals surface area (Å²) in [4.78, 5) is 29.5. The molecule has 0 spiro atoms. The van der Waals surface area contributed by atoms with Crippen molar-refractivity contribution < 1.29 is 14.0 Å². The van der Waals surface area contributed by atoms with Crippen molar-refractivity contribution in [3.63, 3.8) is 0 Å². The zero-order valence-corrected chi connectivity index (χ0v) is 17.3. The predicted octanol–water partition coefficient (Wildman–Crippen LogP) is 3.80. The number of carbonyl (C=O) groups excluding carboxylic acids is 2. The van der Waals surface area contributed by atoms with Gasteiger partial charge in [-0.3, -0.25) is 9.59 Å². The molecule has 0 radical (unpaired) electrons. The topological polar surface area (TPSA) is 89.2 Å². The van der Waals surface area contributed by atoms with Crippen molar-refractivity contribution in [3.8, 4) is 0 Å². The molecule has 31 heavy (non-hydrogen) atoms. The van der Waals surface area contributed by atoms with Gasteiger partial charge in [-0.2, -0.15) is 0 Å². The van der Waals surface area contributed by atoms with Crippen molar-refractivity contribution in [2.75, 3.05) is 11.9 Å². The van der Waals surface area contributed by atoms with E-state index in [-0.39, 0.29) is 24.1 Å². The maximum Gasteiger partial charge on any atom is 0.286 e. The molecule has 0 aliphatic rings. The van der Waals surface area contributed by atoms with Gasteiger partial charge in [0, 0.05) is 18.7 Å². The van der Waals surface area contributed by atoms with Gasteiger partial charge in [0.15, 0.2) is 5.76 Å². The van der Waals surface area contributed by atoms with Gasteiger partial charge in [-0.05, 0) is 48.4 Å². The van der Waals surface area contributed by atoms with Crippen LogP contribution in [0.5, 0.6) is 0 Å². The molecule has 0 aliphatic carbocycles. The number of nitrogens with one attached hydrogen (secondary N) is 2. The molecule has 2 N–H and O–H groups in total. The summed E-state index contributed by atoms with van der Waals surface area (Å²) in [6, 6.07) is 18.8. The van der Waals surface area contributed by atoms with Crippen LogP contribution < -0.4 is 10.6 Å². The SMILES string of the molecule is CCc1ccc(NC(=O)Cn2c(CCNC(=O)c3ccco3)nc3ccccc32)cc1. The van der Waals surface area contributed by atoms with Crippen LogP contribution in [0.3, 0.4) is 0 Å². The van der Waals surface area contributed by atoms with Gasteiger partial charge >= 0.3 is 0 Å². The number of rotatable bonds is 8. The highest BCUT2D eigenvalue weighted by Crippen LogP contribution is 2.17. The monoisotopic (exact) mass is 416 g/mol. The molecule has 2 heterocycles. The highest BCUT2D eigenvalue weighted by molar-refractivity contribution is 5.92. The molecule has 2 amide bonds. The van der Waals surface area contributed by atoms with E-state index < -0.39 is 0 Å². The molecule has 7 nitrogen and oxygen atoms in total. The van der Waals surface area contributed by atoms with E-state index in [1.165, 1.54) is 11.8 Å². The van der Waals surface area contributed by atoms with Crippen LogP contribution in [-0.2, 0) is 24.2 Å². The molecule has 0 atom stereocenters. The lowest BCUT2D eigenvalue weighted by molar-refractivity contribution is -0.116. The molecule has 2 aromatic heterocycles. The number of furan rings is 1. The van der Waals surface area contributed by atoms with Crippen molar-refractivity contribution >= 4 is 28.5 Å². The number of anilines is 1. The van der Waals surface area contributed by atoms with Crippen molar-refractivity contribution in [1.29, 1.82) is 0 Å². The molecule has 0 saturated heterocycles. The van der Waals surface area contributed by atoms with Gasteiger partial charge in [0.05, 0.1) is 17.3 Å². The Morgan fingerprint density at radius 1 is 1.03 bits per heavy atom. The standard InChI is InChI=1S/C24H24N4O3/c1-2-17-9-11-18(12-10-17)26-23(29)16-28-20-7-4-3-6-19(20)27-22(28)13-14-25-24(30)21-8-5-15-31-21/h3-12,15H,2,13-14,16H2,1H3,(H,25,30)(H,26,29). The Labute approximate surface area is 180 Å². The van der Waals surface area contributed by atoms with E-state index in [0.717, 1.165) is 29.0 Å². The summed E-state index contributed by atoms with van der Waals surface area (Å²) in [7, 11) is 0. The Balaban J connectivity index is 1.46. The molecule has 0 saturated carbocycles. The van der Waals surface area contributed by atoms with E-state index in [4.69, 9.17) is 4.42 Å². The third-order valence-corrected chi connectivity index (χ3v) is 5.06. The highest BCUT2D eigenvalue weighted by Gasteiger charge is 2.15. The molecule has 4 rings (SSSR count). The lowest BCUT2D eigenvalue weighted by Gasteiger charge is -2.11. The fourth-order valence-corrected chi connectivity index (χ4v) is 3.44. The number of para-hydroxylation sites is 2. The largest absolute Gasteiger partial charge is 0.459 e. The fourth-order valence-electron chi connectivity index (χ4n) is 3.44. The van der Waals surface area contributed by atoms with Gasteiger partial charge in [-0.25, -0.2) is 4.98 Å². The Hall–Kier alpha value is -3.87. The molecule has 0 fully saturated rings. The van der Waals surface area contributed by atoms with Crippen LogP contribution in [0.1, 0.15) is 28.9 Å². The number of hydrogen-bond acceptors (Lipinski definition) is 4. The normalized spacial score (nSPS) is 10.9. The minimum absolute atomic E-state index is 0.131. The third kappa shape index (κ3) is 4.83. The van der Waals surface area contributed by atoms with Gasteiger partial charge < -0.3 is 19.6 Å². The van der Waals surface area contributed by atoms with E-state index in [1.54, 1.807) is 12.1 Å². The number of nitrogens with zero attached hydrogens (tertiary/aromatic N) is 2. The fraction of sp³-hybridized carbons (Fsp3) is 0.208. The van der Waals surface area contributed by atoms with Crippen molar-refractivity contribution in [3.05, 3.63) is 84.1 Å². The second kappa shape index (κ2) is 9.30. The zero-order chi connectivity index (χ0) is 21.6. The number of aryl methyl sites for hydroxylation is 1. The van der Waals surface area contributed by atoms with E-state index >= 15 is 0 Å². The van der Waals surface area contributed by atoms with Gasteiger partial charge in [0.2, 0.25) is 5.91 Å². The first-order valence-electron chi connectivity index (χ1n) is 10.3. The lowest BCUT2D eigenvalue weighted by atomic mass is 10.1. The number of imidazole rings is 1. The molecule has 158 valence electrons. The number of fused-ring (bicyclic) bond motifs is 1. The van der Waals surface area contributed by atoms with Crippen LogP contribution in [0, 0.1) is 0 Å². The quantitative estimate of drug-likeness (QED) is 0.457. The van der Waals surface area contributed by atoms with Crippen LogP contribution in [0.4, 0.5) is 5.69 Å². The van der Waals surface area contributed by atoms with Gasteiger partial charge in [0.1, 0.15) is 12.4 Å². The van der Waals surface area contributed by atoms with Crippen LogP contribution >= 0.6 is 0 Å². The number of benzene rings is 2. The summed E-state index contributed by atoms with van der Waals surface area (Å²) in [5.41, 5.74) is 3.68. The molecule has 2 aromatic carbocycles. The van der Waals surface area contributed by atoms with Gasteiger partial charge in [0.25, 0.3) is 5.91 Å². The first-order chi connectivity index (χ1) is 15.1. The van der Waals surface area contributed by atoms with Crippen LogP contribution in [-0.4, -0.2) is 27.9 Å². The number of amides is 2. The Kier molecular flexibility index (Phi) is 6.12. The Morgan fingerprint density at radius 2 is 1.84 bits per heavy atom. The first-order valence-corrected chi connectivity index (χ1v) is 10.3. The van der Waals surface area contributed by atoms with E-state index in [1.807, 2.05) is 53.1 Å². The number of hydrogen-bond donors (Lipinski definition) is 2. The summed E-state index contributed by atoms with van der Waals surface area (Å²) < 4.78 is 7.00. The summed E-state index contributed by atoms with van der Waals surface area (Å²) >= 11 is 0. The average molecular weight is 416 g/mol. The van der Waals surface area contributed by atoms with Gasteiger partial charge in [-0.1, -0.05) is 31.2 Å². The van der Waals surface area contributed by atoms with Crippen molar-refractivity contribution in [2.45, 2.75) is 26.3 Å². The Morgan fingerprint density at radius 3 is 2.58 bits per heavy atom. The minimum Gasteiger partial charge on any atom is -0.459 e. The van der Waals surface area contributed by atoms with E-state index in [2.05, 4.69) is 22.5 Å². The predicted molar refractivity (Wildman–Crippen MR) is 119 cm³/mol. The van der Waals surface area contributed by atoms with Crippen LogP contribution in [0.2, 0.25) is 0 Å². The summed E-state index contributed by atoms with van der Waals surface area (Å²) in [6.45, 7) is 2.61. The molecule has 4 aromatic rings. The molecule has 7 heteroatoms. The molecular weight excluding hydrogens is 392 g/mol.